The van der Waals surface area contributed by atoms with Gasteiger partial charge in [-0.15, -0.1) is 0 Å². The van der Waals surface area contributed by atoms with E-state index in [1.54, 1.807) is 0 Å². The average molecular weight is 192 g/mol. The van der Waals surface area contributed by atoms with Crippen LogP contribution in [0.5, 0.6) is 0 Å². The van der Waals surface area contributed by atoms with Gasteiger partial charge in [0.25, 0.3) is 0 Å². The Morgan fingerprint density at radius 2 is 2.00 bits per heavy atom. The molecule has 0 aliphatic rings. The first-order chi connectivity index (χ1) is 6.47. The van der Waals surface area contributed by atoms with Crippen LogP contribution < -0.4 is 11.1 Å². The van der Waals surface area contributed by atoms with Gasteiger partial charge in [-0.25, -0.2) is 0 Å². The Balaban J connectivity index is 2.39. The fourth-order valence-electron chi connectivity index (χ4n) is 1.28. The van der Waals surface area contributed by atoms with Crippen molar-refractivity contribution < 1.29 is 0 Å². The lowest BCUT2D eigenvalue weighted by Gasteiger charge is -2.18. The van der Waals surface area contributed by atoms with Crippen molar-refractivity contribution in [3.05, 3.63) is 29.8 Å². The summed E-state index contributed by atoms with van der Waals surface area (Å²) in [7, 11) is 0. The van der Waals surface area contributed by atoms with Crippen molar-refractivity contribution in [3.8, 4) is 0 Å². The zero-order valence-electron chi connectivity index (χ0n) is 9.30. The van der Waals surface area contributed by atoms with Gasteiger partial charge in [0.05, 0.1) is 0 Å². The molecule has 1 aromatic rings. The molecule has 0 spiro atoms. The van der Waals surface area contributed by atoms with Crippen molar-refractivity contribution >= 4 is 5.69 Å². The number of nitrogens with one attached hydrogen (secondary N) is 1. The first-order valence-corrected chi connectivity index (χ1v) is 5.02. The molecule has 0 aliphatic carbocycles. The lowest BCUT2D eigenvalue weighted by atomic mass is 9.97. The molecule has 2 nitrogen and oxygen atoms in total. The van der Waals surface area contributed by atoms with Crippen molar-refractivity contribution in [3.63, 3.8) is 0 Å². The molecule has 78 valence electrons. The van der Waals surface area contributed by atoms with E-state index < -0.39 is 0 Å². The maximum Gasteiger partial charge on any atom is 0.0317 e. The molecule has 2 heteroatoms. The van der Waals surface area contributed by atoms with Gasteiger partial charge in [0.15, 0.2) is 0 Å². The van der Waals surface area contributed by atoms with Gasteiger partial charge in [0, 0.05) is 18.8 Å². The van der Waals surface area contributed by atoms with Gasteiger partial charge in [-0.2, -0.15) is 0 Å². The molecule has 3 N–H and O–H groups in total. The van der Waals surface area contributed by atoms with Crippen LogP contribution in [0.15, 0.2) is 24.3 Å². The van der Waals surface area contributed by atoms with Crippen LogP contribution in [0.2, 0.25) is 0 Å². The fraction of sp³-hybridized carbons (Fsp3) is 0.500. The molecule has 0 radical (unpaired) electrons. The molecule has 0 aromatic heterocycles. The van der Waals surface area contributed by atoms with E-state index in [1.807, 2.05) is 18.2 Å². The van der Waals surface area contributed by atoms with Crippen molar-refractivity contribution in [1.29, 1.82) is 0 Å². The van der Waals surface area contributed by atoms with E-state index in [1.165, 1.54) is 5.56 Å². The SMILES string of the molecule is CC(C)(C)CNCc1cccc(N)c1. The first kappa shape index (κ1) is 11.1. The van der Waals surface area contributed by atoms with E-state index in [0.717, 1.165) is 18.8 Å². The number of hydrogen-bond donors (Lipinski definition) is 2. The predicted octanol–water partition coefficient (Wildman–Crippen LogP) is 2.40. The number of hydrogen-bond acceptors (Lipinski definition) is 2. The molecule has 0 saturated heterocycles. The minimum absolute atomic E-state index is 0.334. The second-order valence-corrected chi connectivity index (χ2v) is 4.91. The Morgan fingerprint density at radius 1 is 1.29 bits per heavy atom. The second kappa shape index (κ2) is 4.47. The molecule has 0 unspecified atom stereocenters. The van der Waals surface area contributed by atoms with Crippen LogP contribution in [-0.4, -0.2) is 6.54 Å². The molecule has 14 heavy (non-hydrogen) atoms. The Kier molecular flexibility index (Phi) is 3.53. The minimum Gasteiger partial charge on any atom is -0.399 e. The molecule has 1 rings (SSSR count). The number of nitrogens with two attached hydrogens (primary N) is 1. The zero-order valence-corrected chi connectivity index (χ0v) is 9.30. The van der Waals surface area contributed by atoms with E-state index in [0.29, 0.717) is 5.41 Å². The minimum atomic E-state index is 0.334. The highest BCUT2D eigenvalue weighted by atomic mass is 14.9. The largest absolute Gasteiger partial charge is 0.399 e. The van der Waals surface area contributed by atoms with E-state index in [2.05, 4.69) is 32.2 Å². The number of rotatable bonds is 3. The van der Waals surface area contributed by atoms with Crippen molar-refractivity contribution in [2.24, 2.45) is 5.41 Å². The normalized spacial score (nSPS) is 11.6. The van der Waals surface area contributed by atoms with E-state index >= 15 is 0 Å². The van der Waals surface area contributed by atoms with Gasteiger partial charge in [0.2, 0.25) is 0 Å². The van der Waals surface area contributed by atoms with Crippen LogP contribution in [0.4, 0.5) is 5.69 Å². The summed E-state index contributed by atoms with van der Waals surface area (Å²) < 4.78 is 0. The standard InChI is InChI=1S/C12H20N2/c1-12(2,3)9-14-8-10-5-4-6-11(13)7-10/h4-7,14H,8-9,13H2,1-3H3. The Morgan fingerprint density at radius 3 is 2.57 bits per heavy atom. The summed E-state index contributed by atoms with van der Waals surface area (Å²) in [5.74, 6) is 0. The monoisotopic (exact) mass is 192 g/mol. The fourth-order valence-corrected chi connectivity index (χ4v) is 1.28. The second-order valence-electron chi connectivity index (χ2n) is 4.91. The molecule has 0 fully saturated rings. The maximum atomic E-state index is 5.69. The van der Waals surface area contributed by atoms with Gasteiger partial charge >= 0.3 is 0 Å². The van der Waals surface area contributed by atoms with Gasteiger partial charge in [0.1, 0.15) is 0 Å². The van der Waals surface area contributed by atoms with Crippen LogP contribution in [0.1, 0.15) is 26.3 Å². The zero-order chi connectivity index (χ0) is 10.6. The van der Waals surface area contributed by atoms with Crippen LogP contribution in [-0.2, 0) is 6.54 Å². The van der Waals surface area contributed by atoms with Crippen LogP contribution >= 0.6 is 0 Å². The van der Waals surface area contributed by atoms with Crippen molar-refractivity contribution in [1.82, 2.24) is 5.32 Å². The van der Waals surface area contributed by atoms with Crippen molar-refractivity contribution in [2.75, 3.05) is 12.3 Å². The third kappa shape index (κ3) is 4.28. The van der Waals surface area contributed by atoms with Gasteiger partial charge in [-0.1, -0.05) is 32.9 Å². The first-order valence-electron chi connectivity index (χ1n) is 5.02. The summed E-state index contributed by atoms with van der Waals surface area (Å²) in [5, 5.41) is 3.41. The molecule has 0 saturated carbocycles. The van der Waals surface area contributed by atoms with Gasteiger partial charge in [-0.05, 0) is 23.1 Å². The number of anilines is 1. The molecule has 1 aromatic carbocycles. The average Bonchev–Trinajstić information content (AvgIpc) is 2.01. The Bertz CT molecular complexity index is 287. The highest BCUT2D eigenvalue weighted by Crippen LogP contribution is 2.11. The third-order valence-electron chi connectivity index (χ3n) is 1.94. The quantitative estimate of drug-likeness (QED) is 0.722. The highest BCUT2D eigenvalue weighted by Gasteiger charge is 2.08. The molecule has 0 heterocycles. The Hall–Kier alpha value is -1.02. The molecular formula is C12H20N2. The summed E-state index contributed by atoms with van der Waals surface area (Å²) in [6, 6.07) is 8.00. The van der Waals surface area contributed by atoms with E-state index in [4.69, 9.17) is 5.73 Å². The molecule has 0 aliphatic heterocycles. The summed E-state index contributed by atoms with van der Waals surface area (Å²) in [4.78, 5) is 0. The summed E-state index contributed by atoms with van der Waals surface area (Å²) >= 11 is 0. The number of nitrogen functional groups attached to an aromatic ring is 1. The van der Waals surface area contributed by atoms with Crippen LogP contribution in [0.3, 0.4) is 0 Å². The summed E-state index contributed by atoms with van der Waals surface area (Å²) in [6.07, 6.45) is 0. The maximum absolute atomic E-state index is 5.69. The van der Waals surface area contributed by atoms with Gasteiger partial charge in [-0.3, -0.25) is 0 Å². The summed E-state index contributed by atoms with van der Waals surface area (Å²) in [6.45, 7) is 8.57. The smallest absolute Gasteiger partial charge is 0.0317 e. The third-order valence-corrected chi connectivity index (χ3v) is 1.94. The van der Waals surface area contributed by atoms with Crippen LogP contribution in [0, 0.1) is 5.41 Å². The number of benzene rings is 1. The molecule has 0 amide bonds. The lowest BCUT2D eigenvalue weighted by Crippen LogP contribution is -2.26. The van der Waals surface area contributed by atoms with E-state index in [-0.39, 0.29) is 0 Å². The lowest BCUT2D eigenvalue weighted by molar-refractivity contribution is 0.379. The van der Waals surface area contributed by atoms with Crippen molar-refractivity contribution in [2.45, 2.75) is 27.3 Å². The van der Waals surface area contributed by atoms with Crippen LogP contribution in [0.25, 0.3) is 0 Å². The Labute approximate surface area is 86.5 Å². The van der Waals surface area contributed by atoms with Gasteiger partial charge < -0.3 is 11.1 Å². The topological polar surface area (TPSA) is 38.0 Å². The predicted molar refractivity (Wildman–Crippen MR) is 62.0 cm³/mol. The summed E-state index contributed by atoms with van der Waals surface area (Å²) in [5.41, 5.74) is 8.10. The highest BCUT2D eigenvalue weighted by molar-refractivity contribution is 5.40. The van der Waals surface area contributed by atoms with E-state index in [9.17, 15) is 0 Å². The molecular weight excluding hydrogens is 172 g/mol. The molecule has 0 bridgehead atoms. The molecule has 0 atom stereocenters.